The number of ether oxygens (including phenoxy) is 1. The maximum atomic E-state index is 12.7. The molecule has 0 aromatic heterocycles. The summed E-state index contributed by atoms with van der Waals surface area (Å²) in [6.07, 6.45) is 0.312. The van der Waals surface area contributed by atoms with Crippen LogP contribution in [0.3, 0.4) is 0 Å². The Morgan fingerprint density at radius 1 is 1.00 bits per heavy atom. The fraction of sp³-hybridized carbons (Fsp3) is 0.364. The zero-order valence-corrected chi connectivity index (χ0v) is 16.6. The van der Waals surface area contributed by atoms with Crippen molar-refractivity contribution in [2.75, 3.05) is 49.6 Å². The lowest BCUT2D eigenvalue weighted by atomic mass is 10.2. The van der Waals surface area contributed by atoms with Gasteiger partial charge in [-0.05, 0) is 24.3 Å². The van der Waals surface area contributed by atoms with Gasteiger partial charge in [-0.15, -0.1) is 0 Å². The van der Waals surface area contributed by atoms with E-state index in [2.05, 4.69) is 22.3 Å². The summed E-state index contributed by atoms with van der Waals surface area (Å²) in [6.45, 7) is 3.41. The van der Waals surface area contributed by atoms with Gasteiger partial charge in [0.15, 0.2) is 0 Å². The minimum Gasteiger partial charge on any atom is -0.497 e. The van der Waals surface area contributed by atoms with Gasteiger partial charge in [0.2, 0.25) is 5.91 Å². The van der Waals surface area contributed by atoms with Crippen molar-refractivity contribution >= 4 is 23.3 Å². The molecule has 4 rings (SSSR count). The van der Waals surface area contributed by atoms with E-state index in [1.165, 1.54) is 5.69 Å². The lowest BCUT2D eigenvalue weighted by molar-refractivity contribution is -0.117. The van der Waals surface area contributed by atoms with Crippen LogP contribution in [-0.2, 0) is 4.79 Å². The van der Waals surface area contributed by atoms with E-state index in [1.54, 1.807) is 12.0 Å². The van der Waals surface area contributed by atoms with Gasteiger partial charge in [0.25, 0.3) is 0 Å². The Kier molecular flexibility index (Phi) is 5.55. The first-order chi connectivity index (χ1) is 14.1. The fourth-order valence-electron chi connectivity index (χ4n) is 3.90. The summed E-state index contributed by atoms with van der Waals surface area (Å²) in [5.41, 5.74) is 1.98. The molecule has 1 atom stereocenters. The molecule has 152 valence electrons. The number of benzene rings is 2. The largest absolute Gasteiger partial charge is 0.497 e. The summed E-state index contributed by atoms with van der Waals surface area (Å²) in [6, 6.07) is 17.4. The number of carbonyl (C=O) groups is 2. The van der Waals surface area contributed by atoms with Gasteiger partial charge in [-0.3, -0.25) is 4.79 Å². The van der Waals surface area contributed by atoms with Gasteiger partial charge in [0.05, 0.1) is 13.2 Å². The van der Waals surface area contributed by atoms with Gasteiger partial charge >= 0.3 is 6.03 Å². The van der Waals surface area contributed by atoms with Crippen molar-refractivity contribution in [1.82, 2.24) is 10.2 Å². The van der Waals surface area contributed by atoms with Crippen molar-refractivity contribution in [3.63, 3.8) is 0 Å². The standard InChI is InChI=1S/C22H26N4O3/c1-29-20-9-5-8-19(15-20)26-16-17(14-21(26)27)23-22(28)25-12-10-24(11-13-25)18-6-3-2-4-7-18/h2-9,15,17H,10-14,16H2,1H3,(H,23,28). The number of para-hydroxylation sites is 1. The second kappa shape index (κ2) is 8.43. The Balaban J connectivity index is 1.31. The average molecular weight is 394 g/mol. The Labute approximate surface area is 170 Å². The number of carbonyl (C=O) groups excluding carboxylic acids is 2. The van der Waals surface area contributed by atoms with Crippen molar-refractivity contribution in [3.8, 4) is 5.75 Å². The molecule has 0 bridgehead atoms. The predicted molar refractivity (Wildman–Crippen MR) is 113 cm³/mol. The predicted octanol–water partition coefficient (Wildman–Crippen LogP) is 2.33. The quantitative estimate of drug-likeness (QED) is 0.865. The highest BCUT2D eigenvalue weighted by molar-refractivity contribution is 5.97. The number of rotatable bonds is 4. The maximum Gasteiger partial charge on any atom is 0.317 e. The van der Waals surface area contributed by atoms with Crippen LogP contribution in [-0.4, -0.2) is 62.7 Å². The average Bonchev–Trinajstić information content (AvgIpc) is 3.14. The van der Waals surface area contributed by atoms with Crippen LogP contribution in [0.25, 0.3) is 0 Å². The molecule has 7 heteroatoms. The van der Waals surface area contributed by atoms with Crippen molar-refractivity contribution < 1.29 is 14.3 Å². The van der Waals surface area contributed by atoms with Gasteiger partial charge < -0.3 is 24.8 Å². The molecule has 0 radical (unpaired) electrons. The van der Waals surface area contributed by atoms with Crippen LogP contribution in [0.4, 0.5) is 16.2 Å². The summed E-state index contributed by atoms with van der Waals surface area (Å²) in [5.74, 6) is 0.719. The lowest BCUT2D eigenvalue weighted by Crippen LogP contribution is -2.53. The highest BCUT2D eigenvalue weighted by Crippen LogP contribution is 2.25. The molecule has 29 heavy (non-hydrogen) atoms. The number of nitrogens with one attached hydrogen (secondary N) is 1. The first-order valence-corrected chi connectivity index (χ1v) is 9.94. The van der Waals surface area contributed by atoms with Crippen LogP contribution in [0.15, 0.2) is 54.6 Å². The molecule has 2 fully saturated rings. The van der Waals surface area contributed by atoms with E-state index >= 15 is 0 Å². The summed E-state index contributed by atoms with van der Waals surface area (Å²) >= 11 is 0. The van der Waals surface area contributed by atoms with Crippen LogP contribution >= 0.6 is 0 Å². The molecule has 1 unspecified atom stereocenters. The van der Waals surface area contributed by atoms with E-state index in [1.807, 2.05) is 47.4 Å². The van der Waals surface area contributed by atoms with Crippen LogP contribution in [0.5, 0.6) is 5.75 Å². The topological polar surface area (TPSA) is 65.1 Å². The van der Waals surface area contributed by atoms with Crippen molar-refractivity contribution in [3.05, 3.63) is 54.6 Å². The number of amides is 3. The van der Waals surface area contributed by atoms with Gasteiger partial charge in [-0.1, -0.05) is 24.3 Å². The van der Waals surface area contributed by atoms with Crippen molar-refractivity contribution in [1.29, 1.82) is 0 Å². The molecule has 2 aliphatic heterocycles. The molecule has 0 spiro atoms. The van der Waals surface area contributed by atoms with E-state index in [-0.39, 0.29) is 18.0 Å². The smallest absolute Gasteiger partial charge is 0.317 e. The van der Waals surface area contributed by atoms with Crippen LogP contribution in [0.1, 0.15) is 6.42 Å². The van der Waals surface area contributed by atoms with Crippen LogP contribution in [0, 0.1) is 0 Å². The molecule has 3 amide bonds. The first-order valence-electron chi connectivity index (χ1n) is 9.94. The molecular weight excluding hydrogens is 368 g/mol. The summed E-state index contributed by atoms with van der Waals surface area (Å²) in [5, 5.41) is 3.04. The van der Waals surface area contributed by atoms with Crippen LogP contribution < -0.4 is 19.9 Å². The van der Waals surface area contributed by atoms with E-state index in [9.17, 15) is 9.59 Å². The molecule has 2 aliphatic rings. The number of hydrogen-bond donors (Lipinski definition) is 1. The molecule has 2 aromatic carbocycles. The fourth-order valence-corrected chi connectivity index (χ4v) is 3.90. The first kappa shape index (κ1) is 19.1. The van der Waals surface area contributed by atoms with E-state index in [0.29, 0.717) is 31.8 Å². The lowest BCUT2D eigenvalue weighted by Gasteiger charge is -2.36. The summed E-state index contributed by atoms with van der Waals surface area (Å²) in [7, 11) is 1.60. The van der Waals surface area contributed by atoms with Crippen LogP contribution in [0.2, 0.25) is 0 Å². The van der Waals surface area contributed by atoms with Gasteiger partial charge in [-0.25, -0.2) is 4.79 Å². The number of urea groups is 1. The highest BCUT2D eigenvalue weighted by Gasteiger charge is 2.33. The second-order valence-corrected chi connectivity index (χ2v) is 7.37. The second-order valence-electron chi connectivity index (χ2n) is 7.37. The summed E-state index contributed by atoms with van der Waals surface area (Å²) in [4.78, 5) is 31.0. The third-order valence-electron chi connectivity index (χ3n) is 5.51. The molecule has 1 N–H and O–H groups in total. The minimum atomic E-state index is -0.187. The Morgan fingerprint density at radius 3 is 2.45 bits per heavy atom. The zero-order chi connectivity index (χ0) is 20.2. The third-order valence-corrected chi connectivity index (χ3v) is 5.51. The van der Waals surface area contributed by atoms with E-state index < -0.39 is 0 Å². The number of hydrogen-bond acceptors (Lipinski definition) is 4. The monoisotopic (exact) mass is 394 g/mol. The van der Waals surface area contributed by atoms with Crippen molar-refractivity contribution in [2.45, 2.75) is 12.5 Å². The van der Waals surface area contributed by atoms with Gasteiger partial charge in [0, 0.05) is 56.6 Å². The van der Waals surface area contributed by atoms with E-state index in [0.717, 1.165) is 18.8 Å². The van der Waals surface area contributed by atoms with Crippen molar-refractivity contribution in [2.24, 2.45) is 0 Å². The molecule has 7 nitrogen and oxygen atoms in total. The van der Waals surface area contributed by atoms with E-state index in [4.69, 9.17) is 4.74 Å². The van der Waals surface area contributed by atoms with Gasteiger partial charge in [-0.2, -0.15) is 0 Å². The minimum absolute atomic E-state index is 0.0115. The molecule has 2 aromatic rings. The van der Waals surface area contributed by atoms with Gasteiger partial charge in [0.1, 0.15) is 5.75 Å². The zero-order valence-electron chi connectivity index (χ0n) is 16.6. The maximum absolute atomic E-state index is 12.7. The Bertz CT molecular complexity index is 865. The molecule has 0 aliphatic carbocycles. The number of methoxy groups -OCH3 is 1. The highest BCUT2D eigenvalue weighted by atomic mass is 16.5. The molecule has 2 heterocycles. The molecule has 0 saturated carbocycles. The number of nitrogens with zero attached hydrogens (tertiary/aromatic N) is 3. The number of piperazine rings is 1. The summed E-state index contributed by atoms with van der Waals surface area (Å²) < 4.78 is 5.24. The molecular formula is C22H26N4O3. The third kappa shape index (κ3) is 4.29. The Hall–Kier alpha value is -3.22. The SMILES string of the molecule is COc1cccc(N2CC(NC(=O)N3CCN(c4ccccc4)CC3)CC2=O)c1. The normalized spacial score (nSPS) is 19.4. The molecule has 2 saturated heterocycles. The number of anilines is 2. The Morgan fingerprint density at radius 2 is 1.72 bits per heavy atom.